The first-order valence-corrected chi connectivity index (χ1v) is 38.4. The van der Waals surface area contributed by atoms with Gasteiger partial charge in [-0.1, -0.05) is 366 Å². The summed E-state index contributed by atoms with van der Waals surface area (Å²) in [7, 11) is -0.386. The number of aromatic nitrogens is 6. The van der Waals surface area contributed by atoms with Crippen LogP contribution in [0.15, 0.2) is 373 Å². The maximum atomic E-state index is 6.25. The molecule has 0 amide bonds. The lowest BCUT2D eigenvalue weighted by atomic mass is 9.78. The first kappa shape index (κ1) is 72.3. The van der Waals surface area contributed by atoms with Crippen LogP contribution in [0.1, 0.15) is 27.7 Å². The molecule has 1 aliphatic rings. The third-order valence-electron chi connectivity index (χ3n) is 19.5. The van der Waals surface area contributed by atoms with Crippen molar-refractivity contribution in [3.63, 3.8) is 0 Å². The Morgan fingerprint density at radius 3 is 0.639 bits per heavy atom. The van der Waals surface area contributed by atoms with Crippen LogP contribution in [0.4, 0.5) is 0 Å². The van der Waals surface area contributed by atoms with Crippen molar-refractivity contribution in [1.82, 2.24) is 29.9 Å². The second-order valence-corrected chi connectivity index (χ2v) is 30.4. The molecular formula is C96H72BBr2IN6O2. The van der Waals surface area contributed by atoms with Gasteiger partial charge in [-0.2, -0.15) is 0 Å². The van der Waals surface area contributed by atoms with Gasteiger partial charge in [0.2, 0.25) is 0 Å². The van der Waals surface area contributed by atoms with Crippen LogP contribution < -0.4 is 5.46 Å². The van der Waals surface area contributed by atoms with E-state index in [4.69, 9.17) is 39.2 Å². The molecular weight excluding hydrogens is 1570 g/mol. The van der Waals surface area contributed by atoms with E-state index in [0.29, 0.717) is 34.9 Å². The molecule has 0 atom stereocenters. The fourth-order valence-electron chi connectivity index (χ4n) is 12.7. The second kappa shape index (κ2) is 32.9. The number of hydrogen-bond acceptors (Lipinski definition) is 8. The predicted octanol–water partition coefficient (Wildman–Crippen LogP) is 25.5. The first-order valence-electron chi connectivity index (χ1n) is 35.8. The molecule has 108 heavy (non-hydrogen) atoms. The number of rotatable bonds is 14. The van der Waals surface area contributed by atoms with Crippen molar-refractivity contribution >= 4 is 67.0 Å². The number of nitrogens with zero attached hydrogens (tertiary/aromatic N) is 6. The summed E-state index contributed by atoms with van der Waals surface area (Å²) >= 11 is 9.21. The average molecular weight is 1640 g/mol. The maximum absolute atomic E-state index is 6.25. The van der Waals surface area contributed by atoms with Gasteiger partial charge in [-0.25, -0.2) is 29.9 Å². The Hall–Kier alpha value is -11.2. The molecule has 1 fully saturated rings. The number of halogens is 3. The standard InChI is InChI=1S/C45H38BN3O2.C45H30BrN3.C6H4BrI/c1-44(2)45(3,4)51-46(50-44)40-29-27-36(28-30-40)35-19-25-39(26-20-35)43-48-41(37-21-15-33(16-22-37)31-11-7-5-8-12-31)47-42(49-43)38-23-17-34(18-24-38)32-13-9-6-10-14-32;46-42-13-7-12-41(30-42)37-16-14-35(15-17-37)36-22-28-40(29-23-36)45-48-43(38-24-18-33(19-25-38)31-8-3-1-4-9-31)47-44(49-45)39-26-20-34(21-27-39)32-10-5-2-6-11-32;7-5-2-1-3-6(8)4-5/h5-30H,1-4H3;1-30H;1-4H. The van der Waals surface area contributed by atoms with E-state index in [9.17, 15) is 0 Å². The van der Waals surface area contributed by atoms with Crippen molar-refractivity contribution in [2.24, 2.45) is 0 Å². The highest BCUT2D eigenvalue weighted by atomic mass is 127. The van der Waals surface area contributed by atoms with Crippen LogP contribution in [0.2, 0.25) is 0 Å². The lowest BCUT2D eigenvalue weighted by molar-refractivity contribution is 0.00578. The van der Waals surface area contributed by atoms with Crippen molar-refractivity contribution in [2.75, 3.05) is 0 Å². The Kier molecular flexibility index (Phi) is 22.0. The van der Waals surface area contributed by atoms with Gasteiger partial charge < -0.3 is 9.31 Å². The van der Waals surface area contributed by atoms with Gasteiger partial charge >= 0.3 is 7.12 Å². The van der Waals surface area contributed by atoms with E-state index in [2.05, 4.69) is 404 Å². The fourth-order valence-corrected chi connectivity index (χ4v) is 14.5. The summed E-state index contributed by atoms with van der Waals surface area (Å²) in [6.45, 7) is 8.30. The Morgan fingerprint density at radius 2 is 0.417 bits per heavy atom. The Balaban J connectivity index is 0.000000156. The van der Waals surface area contributed by atoms with Crippen LogP contribution in [0.3, 0.4) is 0 Å². The Bertz CT molecular complexity index is 5480. The van der Waals surface area contributed by atoms with Crippen molar-refractivity contribution in [1.29, 1.82) is 0 Å². The van der Waals surface area contributed by atoms with Gasteiger partial charge in [0.15, 0.2) is 34.9 Å². The molecule has 16 aromatic rings. The summed E-state index contributed by atoms with van der Waals surface area (Å²) in [5.41, 5.74) is 22.0. The third-order valence-corrected chi connectivity index (χ3v) is 21.1. The smallest absolute Gasteiger partial charge is 0.399 e. The summed E-state index contributed by atoms with van der Waals surface area (Å²) in [5, 5.41) is 0. The lowest BCUT2D eigenvalue weighted by Gasteiger charge is -2.32. The van der Waals surface area contributed by atoms with E-state index in [1.54, 1.807) is 0 Å². The molecule has 0 aliphatic carbocycles. The summed E-state index contributed by atoms with van der Waals surface area (Å²) < 4.78 is 16.0. The maximum Gasteiger partial charge on any atom is 0.494 e. The van der Waals surface area contributed by atoms with E-state index >= 15 is 0 Å². The summed E-state index contributed by atoms with van der Waals surface area (Å²) in [5.74, 6) is 3.79. The van der Waals surface area contributed by atoms with Crippen LogP contribution >= 0.6 is 54.5 Å². The summed E-state index contributed by atoms with van der Waals surface area (Å²) in [6, 6.07) is 126. The number of benzene rings is 14. The summed E-state index contributed by atoms with van der Waals surface area (Å²) in [4.78, 5) is 30.0. The molecule has 0 bridgehead atoms. The molecule has 17 rings (SSSR count). The predicted molar refractivity (Wildman–Crippen MR) is 461 cm³/mol. The Morgan fingerprint density at radius 1 is 0.222 bits per heavy atom. The van der Waals surface area contributed by atoms with Crippen LogP contribution in [-0.2, 0) is 9.31 Å². The van der Waals surface area contributed by atoms with Gasteiger partial charge in [0.25, 0.3) is 0 Å². The van der Waals surface area contributed by atoms with Gasteiger partial charge in [0.05, 0.1) is 11.2 Å². The molecule has 0 radical (unpaired) electrons. The van der Waals surface area contributed by atoms with E-state index in [0.717, 1.165) is 92.3 Å². The highest BCUT2D eigenvalue weighted by Gasteiger charge is 2.51. The highest BCUT2D eigenvalue weighted by molar-refractivity contribution is 14.1. The largest absolute Gasteiger partial charge is 0.494 e. The average Bonchev–Trinajstić information content (AvgIpc) is 1.57. The van der Waals surface area contributed by atoms with Gasteiger partial charge in [-0.05, 0) is 164 Å². The Labute approximate surface area is 662 Å². The highest BCUT2D eigenvalue weighted by Crippen LogP contribution is 2.38. The molecule has 522 valence electrons. The van der Waals surface area contributed by atoms with E-state index in [-0.39, 0.29) is 18.3 Å². The van der Waals surface area contributed by atoms with Gasteiger partial charge in [0, 0.05) is 45.9 Å². The number of hydrogen-bond donors (Lipinski definition) is 0. The van der Waals surface area contributed by atoms with Gasteiger partial charge in [-0.15, -0.1) is 0 Å². The van der Waals surface area contributed by atoms with Crippen molar-refractivity contribution in [3.05, 3.63) is 376 Å². The molecule has 0 saturated carbocycles. The van der Waals surface area contributed by atoms with E-state index in [1.165, 1.54) is 37.0 Å². The van der Waals surface area contributed by atoms with Crippen molar-refractivity contribution in [3.8, 4) is 146 Å². The molecule has 3 heterocycles. The third kappa shape index (κ3) is 17.3. The molecule has 1 aliphatic heterocycles. The van der Waals surface area contributed by atoms with Crippen LogP contribution in [0.25, 0.3) is 146 Å². The monoisotopic (exact) mass is 1640 g/mol. The molecule has 0 N–H and O–H groups in total. The minimum atomic E-state index is -0.386. The lowest BCUT2D eigenvalue weighted by Crippen LogP contribution is -2.41. The van der Waals surface area contributed by atoms with Crippen LogP contribution in [0, 0.1) is 3.57 Å². The van der Waals surface area contributed by atoms with E-state index < -0.39 is 0 Å². The molecule has 14 aromatic carbocycles. The molecule has 12 heteroatoms. The zero-order chi connectivity index (χ0) is 74.0. The molecule has 1 saturated heterocycles. The van der Waals surface area contributed by atoms with Gasteiger partial charge in [-0.3, -0.25) is 0 Å². The molecule has 0 unspecified atom stereocenters. The first-order chi connectivity index (χ1) is 52.7. The van der Waals surface area contributed by atoms with E-state index in [1.807, 2.05) is 42.5 Å². The zero-order valence-electron chi connectivity index (χ0n) is 59.9. The fraction of sp³-hybridized carbons (Fsp3) is 0.0625. The topological polar surface area (TPSA) is 95.8 Å². The molecule has 0 spiro atoms. The quantitative estimate of drug-likeness (QED) is 0.0785. The van der Waals surface area contributed by atoms with Crippen LogP contribution in [-0.4, -0.2) is 48.2 Å². The summed E-state index contributed by atoms with van der Waals surface area (Å²) in [6.07, 6.45) is 0. The van der Waals surface area contributed by atoms with Crippen LogP contribution in [0.5, 0.6) is 0 Å². The normalized spacial score (nSPS) is 12.6. The SMILES string of the molecule is Brc1cccc(-c2ccc(-c3ccc(-c4nc(-c5ccc(-c6ccccc6)cc5)nc(-c5ccc(-c6ccccc6)cc5)n4)cc3)cc2)c1.Brc1cccc(I)c1.CC1(C)OB(c2ccc(-c3ccc(-c4nc(-c5ccc(-c6ccccc6)cc5)nc(-c5ccc(-c6ccccc6)cc5)n4)cc3)cc2)OC1(C)C. The minimum Gasteiger partial charge on any atom is -0.399 e. The van der Waals surface area contributed by atoms with Crippen molar-refractivity contribution < 1.29 is 9.31 Å². The van der Waals surface area contributed by atoms with Crippen molar-refractivity contribution in [2.45, 2.75) is 38.9 Å². The second-order valence-electron chi connectivity index (χ2n) is 27.3. The molecule has 8 nitrogen and oxygen atoms in total. The molecule has 2 aromatic heterocycles. The van der Waals surface area contributed by atoms with Gasteiger partial charge in [0.1, 0.15) is 0 Å². The minimum absolute atomic E-state index is 0.377. The zero-order valence-corrected chi connectivity index (χ0v) is 65.2.